The molecule has 0 radical (unpaired) electrons. The average molecular weight is 356 g/mol. The fourth-order valence-corrected chi connectivity index (χ4v) is 4.23. The fourth-order valence-electron chi connectivity index (χ4n) is 2.24. The molecule has 4 heteroatoms. The quantitative estimate of drug-likeness (QED) is 0.733. The second-order valence-corrected chi connectivity index (χ2v) is 7.08. The van der Waals surface area contributed by atoms with Gasteiger partial charge in [-0.15, -0.1) is 11.3 Å². The Labute approximate surface area is 132 Å². The molecule has 108 valence electrons. The van der Waals surface area contributed by atoms with Gasteiger partial charge in [-0.25, -0.2) is 4.39 Å². The molecule has 1 aromatic carbocycles. The average Bonchev–Trinajstić information content (AvgIpc) is 2.84. The van der Waals surface area contributed by atoms with E-state index in [9.17, 15) is 4.39 Å². The molecule has 1 unspecified atom stereocenters. The normalized spacial score (nSPS) is 12.9. The molecule has 0 spiro atoms. The number of hydrogen-bond acceptors (Lipinski definition) is 2. The predicted molar refractivity (Wildman–Crippen MR) is 88.7 cm³/mol. The topological polar surface area (TPSA) is 12.0 Å². The fraction of sp³-hybridized carbons (Fsp3) is 0.375. The van der Waals surface area contributed by atoms with Crippen molar-refractivity contribution in [2.45, 2.75) is 26.8 Å². The lowest BCUT2D eigenvalue weighted by atomic mass is 10.0. The van der Waals surface area contributed by atoms with Gasteiger partial charge in [0.2, 0.25) is 0 Å². The summed E-state index contributed by atoms with van der Waals surface area (Å²) in [4.78, 5) is 2.49. The van der Waals surface area contributed by atoms with Crippen LogP contribution < -0.4 is 5.32 Å². The van der Waals surface area contributed by atoms with E-state index >= 15 is 0 Å². The van der Waals surface area contributed by atoms with E-state index in [0.717, 1.165) is 21.5 Å². The molecule has 2 aromatic rings. The highest BCUT2D eigenvalue weighted by molar-refractivity contribution is 9.10. The summed E-state index contributed by atoms with van der Waals surface area (Å²) in [6.45, 7) is 7.53. The molecule has 0 saturated heterocycles. The van der Waals surface area contributed by atoms with Crippen LogP contribution in [-0.4, -0.2) is 6.54 Å². The van der Waals surface area contributed by atoms with Crippen LogP contribution in [0.4, 0.5) is 4.39 Å². The van der Waals surface area contributed by atoms with Crippen LogP contribution >= 0.6 is 27.3 Å². The molecule has 20 heavy (non-hydrogen) atoms. The van der Waals surface area contributed by atoms with E-state index in [1.807, 2.05) is 6.07 Å². The molecule has 0 amide bonds. The van der Waals surface area contributed by atoms with Crippen LogP contribution in [0.1, 0.15) is 31.7 Å². The van der Waals surface area contributed by atoms with E-state index in [1.165, 1.54) is 17.0 Å². The maximum absolute atomic E-state index is 13.2. The monoisotopic (exact) mass is 355 g/mol. The molecule has 1 aromatic heterocycles. The zero-order valence-electron chi connectivity index (χ0n) is 11.9. The van der Waals surface area contributed by atoms with Crippen LogP contribution in [0.3, 0.4) is 0 Å². The van der Waals surface area contributed by atoms with Gasteiger partial charge in [-0.1, -0.05) is 36.7 Å². The lowest BCUT2D eigenvalue weighted by Gasteiger charge is -2.20. The van der Waals surface area contributed by atoms with Crippen molar-refractivity contribution in [3.05, 3.63) is 45.5 Å². The summed E-state index contributed by atoms with van der Waals surface area (Å²) in [5, 5.41) is 3.53. The minimum atomic E-state index is -0.217. The van der Waals surface area contributed by atoms with Crippen LogP contribution in [0.15, 0.2) is 34.8 Å². The number of rotatable bonds is 5. The molecular weight excluding hydrogens is 337 g/mol. The third-order valence-electron chi connectivity index (χ3n) is 3.22. The molecule has 0 bridgehead atoms. The van der Waals surface area contributed by atoms with E-state index in [0.29, 0.717) is 12.0 Å². The summed E-state index contributed by atoms with van der Waals surface area (Å²) in [5.41, 5.74) is 1.04. The third kappa shape index (κ3) is 3.48. The van der Waals surface area contributed by atoms with Crippen LogP contribution in [0.2, 0.25) is 0 Å². The van der Waals surface area contributed by atoms with E-state index in [1.54, 1.807) is 11.3 Å². The Kier molecular flexibility index (Phi) is 5.35. The van der Waals surface area contributed by atoms with Crippen molar-refractivity contribution in [3.8, 4) is 10.4 Å². The van der Waals surface area contributed by atoms with Gasteiger partial charge in [-0.2, -0.15) is 0 Å². The molecule has 0 aliphatic carbocycles. The van der Waals surface area contributed by atoms with Crippen LogP contribution in [0, 0.1) is 11.7 Å². The third-order valence-corrected chi connectivity index (χ3v) is 5.08. The number of thiophene rings is 1. The largest absolute Gasteiger partial charge is 0.309 e. The predicted octanol–water partition coefficient (Wildman–Crippen LogP) is 5.62. The van der Waals surface area contributed by atoms with Gasteiger partial charge in [0.1, 0.15) is 5.82 Å². The summed E-state index contributed by atoms with van der Waals surface area (Å²) in [6, 6.07) is 9.50. The van der Waals surface area contributed by atoms with Crippen molar-refractivity contribution in [1.82, 2.24) is 5.32 Å². The molecule has 1 atom stereocenters. The maximum atomic E-state index is 13.2. The first-order chi connectivity index (χ1) is 9.52. The minimum Gasteiger partial charge on any atom is -0.309 e. The number of benzene rings is 1. The standard InChI is InChI=1S/C16H19BrFNS/c1-4-19-16(10(2)3)15-8-7-14(20-15)12-6-5-11(18)9-13(12)17/h5-10,16,19H,4H2,1-3H3. The van der Waals surface area contributed by atoms with Crippen molar-refractivity contribution in [2.24, 2.45) is 5.92 Å². The molecule has 0 saturated carbocycles. The molecule has 1 heterocycles. The van der Waals surface area contributed by atoms with Crippen LogP contribution in [-0.2, 0) is 0 Å². The summed E-state index contributed by atoms with van der Waals surface area (Å²) < 4.78 is 14.0. The van der Waals surface area contributed by atoms with Crippen LogP contribution in [0.25, 0.3) is 10.4 Å². The van der Waals surface area contributed by atoms with Gasteiger partial charge >= 0.3 is 0 Å². The Bertz CT molecular complexity index is 580. The zero-order valence-corrected chi connectivity index (χ0v) is 14.3. The van der Waals surface area contributed by atoms with Crippen molar-refractivity contribution in [2.75, 3.05) is 6.54 Å². The van der Waals surface area contributed by atoms with Crippen molar-refractivity contribution < 1.29 is 4.39 Å². The zero-order chi connectivity index (χ0) is 14.7. The van der Waals surface area contributed by atoms with Gasteiger partial charge in [-0.05, 0) is 42.8 Å². The highest BCUT2D eigenvalue weighted by atomic mass is 79.9. The van der Waals surface area contributed by atoms with Crippen molar-refractivity contribution in [3.63, 3.8) is 0 Å². The number of halogens is 2. The molecule has 1 N–H and O–H groups in total. The smallest absolute Gasteiger partial charge is 0.124 e. The van der Waals surface area contributed by atoms with Gasteiger partial charge in [0.25, 0.3) is 0 Å². The molecule has 0 aliphatic heterocycles. The van der Waals surface area contributed by atoms with E-state index in [4.69, 9.17) is 0 Å². The van der Waals surface area contributed by atoms with Gasteiger partial charge < -0.3 is 5.32 Å². The Morgan fingerprint density at radius 2 is 2.00 bits per heavy atom. The molecular formula is C16H19BrFNS. The Hall–Kier alpha value is -0.710. The summed E-state index contributed by atoms with van der Waals surface area (Å²) in [5.74, 6) is 0.322. The summed E-state index contributed by atoms with van der Waals surface area (Å²) >= 11 is 5.21. The Balaban J connectivity index is 2.32. The van der Waals surface area contributed by atoms with Gasteiger partial charge in [0, 0.05) is 25.8 Å². The second kappa shape index (κ2) is 6.83. The molecule has 0 aliphatic rings. The molecule has 1 nitrogen and oxygen atoms in total. The summed E-state index contributed by atoms with van der Waals surface area (Å²) in [6.07, 6.45) is 0. The van der Waals surface area contributed by atoms with Gasteiger partial charge in [0.05, 0.1) is 0 Å². The van der Waals surface area contributed by atoms with Gasteiger partial charge in [0.15, 0.2) is 0 Å². The highest BCUT2D eigenvalue weighted by Gasteiger charge is 2.17. The first-order valence-electron chi connectivity index (χ1n) is 6.81. The van der Waals surface area contributed by atoms with Crippen LogP contribution in [0.5, 0.6) is 0 Å². The molecule has 2 rings (SSSR count). The first kappa shape index (κ1) is 15.7. The van der Waals surface area contributed by atoms with E-state index in [2.05, 4.69) is 54.2 Å². The van der Waals surface area contributed by atoms with Gasteiger partial charge in [-0.3, -0.25) is 0 Å². The Morgan fingerprint density at radius 3 is 2.60 bits per heavy atom. The maximum Gasteiger partial charge on any atom is 0.124 e. The summed E-state index contributed by atoms with van der Waals surface area (Å²) in [7, 11) is 0. The van der Waals surface area contributed by atoms with Crippen molar-refractivity contribution >= 4 is 27.3 Å². The minimum absolute atomic E-state index is 0.217. The number of nitrogens with one attached hydrogen (secondary N) is 1. The first-order valence-corrected chi connectivity index (χ1v) is 8.42. The van der Waals surface area contributed by atoms with E-state index in [-0.39, 0.29) is 5.82 Å². The highest BCUT2D eigenvalue weighted by Crippen LogP contribution is 2.37. The lowest BCUT2D eigenvalue weighted by molar-refractivity contribution is 0.428. The second-order valence-electron chi connectivity index (χ2n) is 5.11. The number of hydrogen-bond donors (Lipinski definition) is 1. The lowest BCUT2D eigenvalue weighted by Crippen LogP contribution is -2.24. The Morgan fingerprint density at radius 1 is 1.25 bits per heavy atom. The van der Waals surface area contributed by atoms with Crippen molar-refractivity contribution in [1.29, 1.82) is 0 Å². The molecule has 0 fully saturated rings. The SMILES string of the molecule is CCNC(c1ccc(-c2ccc(F)cc2Br)s1)C(C)C. The van der Waals surface area contributed by atoms with E-state index < -0.39 is 0 Å².